The number of hydrogen-bond donors (Lipinski definition) is 1. The van der Waals surface area contributed by atoms with Gasteiger partial charge in [0, 0.05) is 23.6 Å². The molecule has 1 aromatic heterocycles. The summed E-state index contributed by atoms with van der Waals surface area (Å²) in [7, 11) is 1.73. The zero-order valence-corrected chi connectivity index (χ0v) is 16.3. The molecule has 27 heavy (non-hydrogen) atoms. The molecule has 3 nitrogen and oxygen atoms in total. The van der Waals surface area contributed by atoms with Gasteiger partial charge in [0.1, 0.15) is 5.75 Å². The van der Waals surface area contributed by atoms with Crippen LogP contribution in [0.1, 0.15) is 42.7 Å². The van der Waals surface area contributed by atoms with E-state index in [4.69, 9.17) is 4.74 Å². The third kappa shape index (κ3) is 4.36. The molecule has 0 saturated carbocycles. The smallest absolute Gasteiger partial charge is 0.118 e. The lowest BCUT2D eigenvalue weighted by Gasteiger charge is -2.33. The summed E-state index contributed by atoms with van der Waals surface area (Å²) in [5.41, 5.74) is 4.17. The highest BCUT2D eigenvalue weighted by Crippen LogP contribution is 2.28. The zero-order chi connectivity index (χ0) is 18.5. The van der Waals surface area contributed by atoms with Crippen LogP contribution in [0.4, 0.5) is 0 Å². The number of methoxy groups -OCH3 is 1. The summed E-state index contributed by atoms with van der Waals surface area (Å²) in [6, 6.07) is 17.3. The van der Waals surface area contributed by atoms with Crippen LogP contribution in [0.2, 0.25) is 0 Å². The van der Waals surface area contributed by atoms with Crippen molar-refractivity contribution in [2.45, 2.75) is 38.0 Å². The summed E-state index contributed by atoms with van der Waals surface area (Å²) >= 11 is 0. The predicted molar refractivity (Wildman–Crippen MR) is 113 cm³/mol. The fourth-order valence-corrected chi connectivity index (χ4v) is 4.40. The van der Waals surface area contributed by atoms with E-state index in [9.17, 15) is 0 Å². The molecular formula is C24H30N2O. The molecule has 0 bridgehead atoms. The van der Waals surface area contributed by atoms with Crippen molar-refractivity contribution >= 4 is 10.9 Å². The molecule has 1 aliphatic heterocycles. The van der Waals surface area contributed by atoms with E-state index in [0.717, 1.165) is 5.75 Å². The number of aromatic nitrogens is 1. The SMILES string of the molecule is COc1ccc(C2CCCN(CCCCc3c[nH]c4ccccc34)C2)cc1. The number of aryl methyl sites for hydroxylation is 1. The van der Waals surface area contributed by atoms with Gasteiger partial charge in [-0.2, -0.15) is 0 Å². The minimum Gasteiger partial charge on any atom is -0.497 e. The van der Waals surface area contributed by atoms with Gasteiger partial charge in [-0.1, -0.05) is 30.3 Å². The zero-order valence-electron chi connectivity index (χ0n) is 16.3. The Labute approximate surface area is 162 Å². The van der Waals surface area contributed by atoms with Gasteiger partial charge in [0.05, 0.1) is 7.11 Å². The molecule has 1 unspecified atom stereocenters. The normalized spacial score (nSPS) is 18.0. The van der Waals surface area contributed by atoms with Gasteiger partial charge in [-0.05, 0) is 80.4 Å². The maximum absolute atomic E-state index is 5.29. The second kappa shape index (κ2) is 8.62. The quantitative estimate of drug-likeness (QED) is 0.572. The number of fused-ring (bicyclic) bond motifs is 1. The van der Waals surface area contributed by atoms with Gasteiger partial charge in [-0.3, -0.25) is 0 Å². The molecule has 4 rings (SSSR count). The molecule has 2 heterocycles. The van der Waals surface area contributed by atoms with Gasteiger partial charge in [-0.25, -0.2) is 0 Å². The van der Waals surface area contributed by atoms with E-state index in [1.165, 1.54) is 73.8 Å². The van der Waals surface area contributed by atoms with E-state index in [2.05, 4.69) is 64.6 Å². The molecule has 142 valence electrons. The number of para-hydroxylation sites is 1. The molecule has 0 spiro atoms. The molecule has 1 atom stereocenters. The van der Waals surface area contributed by atoms with Crippen LogP contribution >= 0.6 is 0 Å². The Morgan fingerprint density at radius 2 is 1.93 bits per heavy atom. The summed E-state index contributed by atoms with van der Waals surface area (Å²) < 4.78 is 5.29. The lowest BCUT2D eigenvalue weighted by molar-refractivity contribution is 0.204. The van der Waals surface area contributed by atoms with Crippen LogP contribution in [0.15, 0.2) is 54.7 Å². The lowest BCUT2D eigenvalue weighted by Crippen LogP contribution is -2.35. The van der Waals surface area contributed by atoms with Crippen molar-refractivity contribution in [1.82, 2.24) is 9.88 Å². The van der Waals surface area contributed by atoms with E-state index in [0.29, 0.717) is 5.92 Å². The third-order valence-corrected chi connectivity index (χ3v) is 5.94. The van der Waals surface area contributed by atoms with Crippen molar-refractivity contribution in [1.29, 1.82) is 0 Å². The average Bonchev–Trinajstić information content (AvgIpc) is 3.15. The van der Waals surface area contributed by atoms with E-state index >= 15 is 0 Å². The van der Waals surface area contributed by atoms with E-state index in [1.807, 2.05) is 0 Å². The summed E-state index contributed by atoms with van der Waals surface area (Å²) in [6.07, 6.45) is 8.49. The van der Waals surface area contributed by atoms with Crippen molar-refractivity contribution in [2.75, 3.05) is 26.7 Å². The number of benzene rings is 2. The number of nitrogens with zero attached hydrogens (tertiary/aromatic N) is 1. The largest absolute Gasteiger partial charge is 0.497 e. The molecule has 0 radical (unpaired) electrons. The van der Waals surface area contributed by atoms with Crippen LogP contribution in [0, 0.1) is 0 Å². The highest BCUT2D eigenvalue weighted by atomic mass is 16.5. The monoisotopic (exact) mass is 362 g/mol. The minimum absolute atomic E-state index is 0.665. The van der Waals surface area contributed by atoms with Gasteiger partial charge in [0.15, 0.2) is 0 Å². The minimum atomic E-state index is 0.665. The van der Waals surface area contributed by atoms with Gasteiger partial charge >= 0.3 is 0 Å². The summed E-state index contributed by atoms with van der Waals surface area (Å²) in [5, 5.41) is 1.38. The first-order chi connectivity index (χ1) is 13.3. The Hall–Kier alpha value is -2.26. The van der Waals surface area contributed by atoms with Crippen LogP contribution in [0.3, 0.4) is 0 Å². The molecule has 1 saturated heterocycles. The van der Waals surface area contributed by atoms with Gasteiger partial charge in [-0.15, -0.1) is 0 Å². The summed E-state index contributed by atoms with van der Waals surface area (Å²) in [4.78, 5) is 6.05. The number of likely N-dealkylation sites (tertiary alicyclic amines) is 1. The summed E-state index contributed by atoms with van der Waals surface area (Å²) in [6.45, 7) is 3.66. The maximum atomic E-state index is 5.29. The van der Waals surface area contributed by atoms with E-state index < -0.39 is 0 Å². The van der Waals surface area contributed by atoms with Crippen molar-refractivity contribution in [3.63, 3.8) is 0 Å². The standard InChI is InChI=1S/C24H30N2O/c1-27-22-13-11-19(12-14-22)21-8-6-16-26(18-21)15-5-4-7-20-17-25-24-10-3-2-9-23(20)24/h2-3,9-14,17,21,25H,4-8,15-16,18H2,1H3. The number of piperidine rings is 1. The molecule has 0 amide bonds. The highest BCUT2D eigenvalue weighted by molar-refractivity contribution is 5.82. The van der Waals surface area contributed by atoms with Crippen LogP contribution in [0.5, 0.6) is 5.75 Å². The maximum Gasteiger partial charge on any atom is 0.118 e. The van der Waals surface area contributed by atoms with Gasteiger partial charge < -0.3 is 14.6 Å². The number of aromatic amines is 1. The van der Waals surface area contributed by atoms with Crippen LogP contribution < -0.4 is 4.74 Å². The van der Waals surface area contributed by atoms with Crippen LogP contribution in [0.25, 0.3) is 10.9 Å². The third-order valence-electron chi connectivity index (χ3n) is 5.94. The highest BCUT2D eigenvalue weighted by Gasteiger charge is 2.21. The lowest BCUT2D eigenvalue weighted by atomic mass is 9.90. The first-order valence-electron chi connectivity index (χ1n) is 10.2. The van der Waals surface area contributed by atoms with E-state index in [-0.39, 0.29) is 0 Å². The Balaban J connectivity index is 1.25. The van der Waals surface area contributed by atoms with Crippen molar-refractivity contribution < 1.29 is 4.74 Å². The molecule has 1 fully saturated rings. The molecule has 3 aromatic rings. The number of ether oxygens (including phenoxy) is 1. The predicted octanol–water partition coefficient (Wildman–Crippen LogP) is 5.38. The first-order valence-corrected chi connectivity index (χ1v) is 10.2. The topological polar surface area (TPSA) is 28.3 Å². The molecule has 3 heteroatoms. The number of rotatable bonds is 7. The fourth-order valence-electron chi connectivity index (χ4n) is 4.40. The number of unbranched alkanes of at least 4 members (excludes halogenated alkanes) is 1. The Morgan fingerprint density at radius 3 is 2.78 bits per heavy atom. The molecular weight excluding hydrogens is 332 g/mol. The van der Waals surface area contributed by atoms with E-state index in [1.54, 1.807) is 7.11 Å². The molecule has 2 aromatic carbocycles. The molecule has 1 aliphatic rings. The average molecular weight is 363 g/mol. The van der Waals surface area contributed by atoms with Crippen molar-refractivity contribution in [2.24, 2.45) is 0 Å². The van der Waals surface area contributed by atoms with Crippen molar-refractivity contribution in [3.05, 3.63) is 65.9 Å². The number of hydrogen-bond acceptors (Lipinski definition) is 2. The second-order valence-corrected chi connectivity index (χ2v) is 7.73. The number of nitrogens with one attached hydrogen (secondary N) is 1. The van der Waals surface area contributed by atoms with Crippen LogP contribution in [-0.4, -0.2) is 36.6 Å². The Kier molecular flexibility index (Phi) is 5.78. The second-order valence-electron chi connectivity index (χ2n) is 7.73. The summed E-state index contributed by atoms with van der Waals surface area (Å²) in [5.74, 6) is 1.61. The number of H-pyrrole nitrogens is 1. The van der Waals surface area contributed by atoms with Crippen molar-refractivity contribution in [3.8, 4) is 5.75 Å². The molecule has 0 aliphatic carbocycles. The van der Waals surface area contributed by atoms with Gasteiger partial charge in [0.25, 0.3) is 0 Å². The van der Waals surface area contributed by atoms with Gasteiger partial charge in [0.2, 0.25) is 0 Å². The Bertz CT molecular complexity index is 852. The Morgan fingerprint density at radius 1 is 1.07 bits per heavy atom. The molecule has 1 N–H and O–H groups in total. The first kappa shape index (κ1) is 18.1. The fraction of sp³-hybridized carbons (Fsp3) is 0.417. The van der Waals surface area contributed by atoms with Crippen LogP contribution in [-0.2, 0) is 6.42 Å².